The van der Waals surface area contributed by atoms with Crippen molar-refractivity contribution in [3.05, 3.63) is 65.1 Å². The molecule has 0 saturated carbocycles. The zero-order chi connectivity index (χ0) is 19.3. The summed E-state index contributed by atoms with van der Waals surface area (Å²) in [6.45, 7) is 0.229. The normalized spacial score (nSPS) is 17.4. The van der Waals surface area contributed by atoms with Gasteiger partial charge in [0.2, 0.25) is 0 Å². The van der Waals surface area contributed by atoms with Crippen LogP contribution in [0.5, 0.6) is 5.75 Å². The maximum atomic E-state index is 13.1. The van der Waals surface area contributed by atoms with Crippen molar-refractivity contribution in [1.82, 2.24) is 9.88 Å². The number of aromatic hydroxyl groups is 1. The minimum atomic E-state index is -4.71. The molecule has 0 saturated heterocycles. The molecular formula is C18H16FN2O5P. The van der Waals surface area contributed by atoms with E-state index in [0.717, 1.165) is 0 Å². The molecule has 7 nitrogen and oxygen atoms in total. The first-order chi connectivity index (χ1) is 12.8. The fraction of sp³-hybridized carbons (Fsp3) is 0.167. The summed E-state index contributed by atoms with van der Waals surface area (Å²) in [6, 6.07) is 8.71. The molecule has 9 heteroatoms. The molecule has 2 heterocycles. The fourth-order valence-electron chi connectivity index (χ4n) is 3.56. The number of aromatic nitrogens is 1. The van der Waals surface area contributed by atoms with Crippen LogP contribution in [0.1, 0.15) is 22.9 Å². The van der Waals surface area contributed by atoms with Gasteiger partial charge in [-0.25, -0.2) is 4.39 Å². The number of phenols is 1. The second kappa shape index (κ2) is 6.37. The Bertz CT molecular complexity index is 1080. The van der Waals surface area contributed by atoms with Gasteiger partial charge in [0.05, 0.1) is 5.30 Å². The molecule has 0 amide bonds. The van der Waals surface area contributed by atoms with Crippen LogP contribution in [0.4, 0.5) is 4.39 Å². The number of benzene rings is 2. The third-order valence-electron chi connectivity index (χ3n) is 4.71. The van der Waals surface area contributed by atoms with Crippen LogP contribution in [0.15, 0.2) is 42.6 Å². The Kier molecular flexibility index (Phi) is 4.25. The second-order valence-electron chi connectivity index (χ2n) is 6.44. The molecule has 1 unspecified atom stereocenters. The van der Waals surface area contributed by atoms with Gasteiger partial charge in [-0.3, -0.25) is 14.4 Å². The predicted molar refractivity (Wildman–Crippen MR) is 95.7 cm³/mol. The number of hydrogen-bond acceptors (Lipinski definition) is 5. The number of pyridine rings is 1. The lowest BCUT2D eigenvalue weighted by Crippen LogP contribution is -2.21. The van der Waals surface area contributed by atoms with E-state index in [9.17, 15) is 29.0 Å². The van der Waals surface area contributed by atoms with Crippen molar-refractivity contribution in [2.45, 2.75) is 19.3 Å². The molecule has 0 spiro atoms. The molecule has 1 aromatic heterocycles. The summed E-state index contributed by atoms with van der Waals surface area (Å²) in [7, 11) is -4.71. The number of hydrogen-bond donors (Lipinski definition) is 4. The number of halogens is 1. The number of aliphatic hydroxyl groups excluding tert-OH is 1. The van der Waals surface area contributed by atoms with Crippen LogP contribution in [0.25, 0.3) is 10.9 Å². The Labute approximate surface area is 153 Å². The van der Waals surface area contributed by atoms with Crippen LogP contribution in [0.3, 0.4) is 0 Å². The number of fused-ring (bicyclic) bond motifs is 2. The smallest absolute Gasteiger partial charge is 0.357 e. The van der Waals surface area contributed by atoms with E-state index < -0.39 is 13.8 Å². The third-order valence-corrected chi connectivity index (χ3v) is 5.80. The second-order valence-corrected chi connectivity index (χ2v) is 7.97. The maximum absolute atomic E-state index is 13.1. The van der Waals surface area contributed by atoms with E-state index in [4.69, 9.17) is 0 Å². The van der Waals surface area contributed by atoms with E-state index in [1.807, 2.05) is 0 Å². The van der Waals surface area contributed by atoms with E-state index in [0.29, 0.717) is 5.56 Å². The molecular weight excluding hydrogens is 374 g/mol. The Morgan fingerprint density at radius 3 is 2.59 bits per heavy atom. The van der Waals surface area contributed by atoms with Gasteiger partial charge in [-0.2, -0.15) is 0 Å². The van der Waals surface area contributed by atoms with Crippen LogP contribution in [-0.2, 0) is 17.7 Å². The van der Waals surface area contributed by atoms with Crippen molar-refractivity contribution in [1.29, 1.82) is 0 Å². The molecule has 3 aromatic rings. The first kappa shape index (κ1) is 18.0. The quantitative estimate of drug-likeness (QED) is 0.505. The molecule has 4 rings (SSSR count). The molecule has 1 aliphatic rings. The average molecular weight is 390 g/mol. The Morgan fingerprint density at radius 2 is 1.93 bits per heavy atom. The van der Waals surface area contributed by atoms with Crippen molar-refractivity contribution in [2.75, 3.05) is 0 Å². The van der Waals surface area contributed by atoms with Crippen LogP contribution in [0.2, 0.25) is 0 Å². The van der Waals surface area contributed by atoms with E-state index in [2.05, 4.69) is 4.98 Å². The van der Waals surface area contributed by atoms with E-state index >= 15 is 0 Å². The molecule has 27 heavy (non-hydrogen) atoms. The number of aliphatic hydroxyl groups is 1. The van der Waals surface area contributed by atoms with Gasteiger partial charge in [-0.15, -0.1) is 0 Å². The summed E-state index contributed by atoms with van der Waals surface area (Å²) in [5.41, 5.74) is 0.970. The zero-order valence-electron chi connectivity index (χ0n) is 13.9. The monoisotopic (exact) mass is 390 g/mol. The predicted octanol–water partition coefficient (Wildman–Crippen LogP) is 1.89. The van der Waals surface area contributed by atoms with Crippen molar-refractivity contribution in [2.24, 2.45) is 0 Å². The number of phenolic OH excluding ortho intramolecular Hbond substituents is 1. The van der Waals surface area contributed by atoms with Crippen molar-refractivity contribution >= 4 is 23.8 Å². The summed E-state index contributed by atoms with van der Waals surface area (Å²) >= 11 is 0. The standard InChI is InChI=1S/C18H16FN2O5P/c19-11-5-3-10(4-6-11)8-21-9-13-14(18(21)23)16(22)15-12(2-1-7-20-15)17(13)27(24,25)26/h1-7,18,22-23H,8-9H2,(H2,24,25,26). The summed E-state index contributed by atoms with van der Waals surface area (Å²) < 4.78 is 25.3. The van der Waals surface area contributed by atoms with Crippen LogP contribution >= 0.6 is 7.60 Å². The fourth-order valence-corrected chi connectivity index (χ4v) is 4.59. The Morgan fingerprint density at radius 1 is 1.22 bits per heavy atom. The molecule has 4 N–H and O–H groups in total. The highest BCUT2D eigenvalue weighted by Crippen LogP contribution is 2.47. The Hall–Kier alpha value is -2.35. The van der Waals surface area contributed by atoms with Crippen LogP contribution < -0.4 is 5.30 Å². The van der Waals surface area contributed by atoms with Crippen LogP contribution in [0, 0.1) is 5.82 Å². The first-order valence-electron chi connectivity index (χ1n) is 8.12. The number of nitrogens with zero attached hydrogens (tertiary/aromatic N) is 2. The molecule has 1 aliphatic heterocycles. The van der Waals surface area contributed by atoms with Gasteiger partial charge < -0.3 is 20.0 Å². The first-order valence-corrected chi connectivity index (χ1v) is 9.73. The highest BCUT2D eigenvalue weighted by Gasteiger charge is 2.39. The minimum Gasteiger partial charge on any atom is -0.505 e. The van der Waals surface area contributed by atoms with Gasteiger partial charge in [0, 0.05) is 30.2 Å². The molecule has 1 atom stereocenters. The van der Waals surface area contributed by atoms with Crippen LogP contribution in [-0.4, -0.2) is 29.9 Å². The van der Waals surface area contributed by atoms with Crippen molar-refractivity contribution in [3.8, 4) is 5.75 Å². The molecule has 0 bridgehead atoms. The maximum Gasteiger partial charge on any atom is 0.357 e. The highest BCUT2D eigenvalue weighted by molar-refractivity contribution is 7.61. The van der Waals surface area contributed by atoms with E-state index in [1.165, 1.54) is 35.4 Å². The van der Waals surface area contributed by atoms with Gasteiger partial charge in [0.15, 0.2) is 0 Å². The summed E-state index contributed by atoms with van der Waals surface area (Å²) in [4.78, 5) is 25.3. The Balaban J connectivity index is 1.85. The largest absolute Gasteiger partial charge is 0.505 e. The van der Waals surface area contributed by atoms with Gasteiger partial charge in [-0.05, 0) is 29.3 Å². The highest BCUT2D eigenvalue weighted by atomic mass is 31.2. The average Bonchev–Trinajstić information content (AvgIpc) is 2.92. The van der Waals surface area contributed by atoms with Gasteiger partial charge in [0.25, 0.3) is 0 Å². The molecule has 0 aliphatic carbocycles. The lowest BCUT2D eigenvalue weighted by molar-refractivity contribution is 0.00655. The summed E-state index contributed by atoms with van der Waals surface area (Å²) in [5, 5.41) is 21.2. The van der Waals surface area contributed by atoms with Gasteiger partial charge in [0.1, 0.15) is 23.3 Å². The van der Waals surface area contributed by atoms with Gasteiger partial charge in [-0.1, -0.05) is 18.2 Å². The van der Waals surface area contributed by atoms with Crippen molar-refractivity contribution in [3.63, 3.8) is 0 Å². The molecule has 0 fully saturated rings. The third kappa shape index (κ3) is 3.01. The molecule has 0 radical (unpaired) electrons. The topological polar surface area (TPSA) is 114 Å². The summed E-state index contributed by atoms with van der Waals surface area (Å²) in [5.74, 6) is -0.685. The zero-order valence-corrected chi connectivity index (χ0v) is 14.8. The van der Waals surface area contributed by atoms with E-state index in [1.54, 1.807) is 12.1 Å². The molecule has 2 aromatic carbocycles. The molecule has 140 valence electrons. The van der Waals surface area contributed by atoms with Crippen molar-refractivity contribution < 1.29 is 29.0 Å². The lowest BCUT2D eigenvalue weighted by atomic mass is 10.0. The van der Waals surface area contributed by atoms with E-state index in [-0.39, 0.29) is 52.0 Å². The van der Waals surface area contributed by atoms with Gasteiger partial charge >= 0.3 is 7.60 Å². The lowest BCUT2D eigenvalue weighted by Gasteiger charge is -2.20. The summed E-state index contributed by atoms with van der Waals surface area (Å²) in [6.07, 6.45) is 0.122. The number of rotatable bonds is 3. The SMILES string of the molecule is O=P(O)(O)c1c2c(c(O)c3ncccc13)C(O)N(Cc1ccc(F)cc1)C2. The minimum absolute atomic E-state index is 0.0205.